The van der Waals surface area contributed by atoms with Crippen LogP contribution in [0.3, 0.4) is 0 Å². The van der Waals surface area contributed by atoms with Crippen molar-refractivity contribution in [3.8, 4) is 11.8 Å². The number of imidazole rings is 1. The number of aryl methyl sites for hydroxylation is 2. The molecule has 21 heavy (non-hydrogen) atoms. The third-order valence-corrected chi connectivity index (χ3v) is 2.99. The van der Waals surface area contributed by atoms with Crippen LogP contribution in [-0.2, 0) is 7.05 Å². The van der Waals surface area contributed by atoms with E-state index in [-0.39, 0.29) is 12.5 Å². The highest BCUT2D eigenvalue weighted by molar-refractivity contribution is 6.03. The first-order valence-corrected chi connectivity index (χ1v) is 6.60. The minimum absolute atomic E-state index is 0.0603. The van der Waals surface area contributed by atoms with Crippen molar-refractivity contribution in [1.29, 1.82) is 0 Å². The number of aliphatic hydroxyl groups excluding tert-OH is 1. The van der Waals surface area contributed by atoms with Gasteiger partial charge in [0.15, 0.2) is 0 Å². The molecule has 0 atom stereocenters. The maximum Gasteiger partial charge on any atom is 0.273 e. The Balaban J connectivity index is 2.13. The van der Waals surface area contributed by atoms with Crippen LogP contribution in [-0.4, -0.2) is 27.2 Å². The van der Waals surface area contributed by atoms with E-state index in [4.69, 9.17) is 5.11 Å². The first-order chi connectivity index (χ1) is 10.1. The first kappa shape index (κ1) is 14.8. The number of aromatic nitrogens is 2. The Morgan fingerprint density at radius 3 is 2.90 bits per heavy atom. The number of aliphatic hydroxyl groups is 1. The fraction of sp³-hybridized carbons (Fsp3) is 0.250. The second-order valence-electron chi connectivity index (χ2n) is 4.65. The molecule has 2 N–H and O–H groups in total. The van der Waals surface area contributed by atoms with Gasteiger partial charge in [0.1, 0.15) is 5.69 Å². The smallest absolute Gasteiger partial charge is 0.273 e. The van der Waals surface area contributed by atoms with E-state index in [1.165, 1.54) is 6.20 Å². The molecule has 0 unspecified atom stereocenters. The van der Waals surface area contributed by atoms with Crippen LogP contribution in [0, 0.1) is 18.8 Å². The van der Waals surface area contributed by atoms with Crippen molar-refractivity contribution in [2.24, 2.45) is 7.05 Å². The summed E-state index contributed by atoms with van der Waals surface area (Å²) in [4.78, 5) is 16.0. The van der Waals surface area contributed by atoms with Gasteiger partial charge in [-0.1, -0.05) is 11.8 Å². The van der Waals surface area contributed by atoms with E-state index in [1.807, 2.05) is 25.1 Å². The average molecular weight is 283 g/mol. The molecule has 0 saturated heterocycles. The Morgan fingerprint density at radius 2 is 2.29 bits per heavy atom. The number of amides is 1. The van der Waals surface area contributed by atoms with Gasteiger partial charge in [-0.15, -0.1) is 0 Å². The lowest BCUT2D eigenvalue weighted by Gasteiger charge is -2.09. The molecule has 108 valence electrons. The molecular formula is C16H17N3O2. The van der Waals surface area contributed by atoms with Crippen LogP contribution in [0.4, 0.5) is 5.69 Å². The number of hydrogen-bond donors (Lipinski definition) is 2. The van der Waals surface area contributed by atoms with E-state index in [2.05, 4.69) is 22.1 Å². The number of nitrogens with zero attached hydrogens (tertiary/aromatic N) is 2. The van der Waals surface area contributed by atoms with Crippen LogP contribution < -0.4 is 5.32 Å². The standard InChI is InChI=1S/C16H17N3O2/c1-12-9-13(5-3-4-8-20)6-7-14(12)18-16(21)15-10-17-11-19(15)2/h6-7,9-11,20H,4,8H2,1-2H3,(H,18,21). The zero-order chi connectivity index (χ0) is 15.2. The minimum atomic E-state index is -0.197. The molecule has 0 bridgehead atoms. The lowest BCUT2D eigenvalue weighted by atomic mass is 10.1. The molecule has 5 heteroatoms. The van der Waals surface area contributed by atoms with Gasteiger partial charge in [-0.3, -0.25) is 4.79 Å². The van der Waals surface area contributed by atoms with Gasteiger partial charge in [0, 0.05) is 24.7 Å². The van der Waals surface area contributed by atoms with Gasteiger partial charge < -0.3 is 15.0 Å². The van der Waals surface area contributed by atoms with E-state index < -0.39 is 0 Å². The van der Waals surface area contributed by atoms with Gasteiger partial charge >= 0.3 is 0 Å². The molecule has 0 aliphatic rings. The number of rotatable bonds is 3. The molecule has 0 saturated carbocycles. The Morgan fingerprint density at radius 1 is 1.48 bits per heavy atom. The molecule has 0 radical (unpaired) electrons. The van der Waals surface area contributed by atoms with Gasteiger partial charge in [0.25, 0.3) is 5.91 Å². The highest BCUT2D eigenvalue weighted by Gasteiger charge is 2.11. The third kappa shape index (κ3) is 3.71. The quantitative estimate of drug-likeness (QED) is 0.843. The Kier molecular flexibility index (Phi) is 4.75. The summed E-state index contributed by atoms with van der Waals surface area (Å²) in [5.74, 6) is 5.64. The van der Waals surface area contributed by atoms with Crippen molar-refractivity contribution in [2.75, 3.05) is 11.9 Å². The summed E-state index contributed by atoms with van der Waals surface area (Å²) < 4.78 is 1.67. The van der Waals surface area contributed by atoms with Gasteiger partial charge in [-0.05, 0) is 30.7 Å². The first-order valence-electron chi connectivity index (χ1n) is 6.60. The molecule has 0 aliphatic carbocycles. The second-order valence-corrected chi connectivity index (χ2v) is 4.65. The molecule has 1 aromatic heterocycles. The van der Waals surface area contributed by atoms with Crippen molar-refractivity contribution in [3.05, 3.63) is 47.5 Å². The van der Waals surface area contributed by atoms with Gasteiger partial charge in [-0.25, -0.2) is 4.98 Å². The van der Waals surface area contributed by atoms with Crippen molar-refractivity contribution >= 4 is 11.6 Å². The average Bonchev–Trinajstić information content (AvgIpc) is 2.88. The Hall–Kier alpha value is -2.58. The van der Waals surface area contributed by atoms with Crippen LogP contribution >= 0.6 is 0 Å². The van der Waals surface area contributed by atoms with Gasteiger partial charge in [0.05, 0.1) is 19.1 Å². The molecule has 2 rings (SSSR count). The van der Waals surface area contributed by atoms with Crippen LogP contribution in [0.15, 0.2) is 30.7 Å². The normalized spacial score (nSPS) is 9.86. The fourth-order valence-corrected chi connectivity index (χ4v) is 1.86. The molecule has 0 fully saturated rings. The number of benzene rings is 1. The number of carbonyl (C=O) groups excluding carboxylic acids is 1. The summed E-state index contributed by atoms with van der Waals surface area (Å²) in [6.07, 6.45) is 3.57. The highest BCUT2D eigenvalue weighted by Crippen LogP contribution is 2.17. The van der Waals surface area contributed by atoms with Crippen molar-refractivity contribution in [3.63, 3.8) is 0 Å². The lowest BCUT2D eigenvalue weighted by Crippen LogP contribution is -2.16. The van der Waals surface area contributed by atoms with Gasteiger partial charge in [0.2, 0.25) is 0 Å². The van der Waals surface area contributed by atoms with Crippen molar-refractivity contribution < 1.29 is 9.90 Å². The zero-order valence-electron chi connectivity index (χ0n) is 12.1. The molecule has 2 aromatic rings. The molecule has 0 spiro atoms. The van der Waals surface area contributed by atoms with Crippen molar-refractivity contribution in [2.45, 2.75) is 13.3 Å². The van der Waals surface area contributed by atoms with E-state index in [1.54, 1.807) is 17.9 Å². The van der Waals surface area contributed by atoms with E-state index in [0.717, 1.165) is 16.8 Å². The van der Waals surface area contributed by atoms with Crippen LogP contribution in [0.2, 0.25) is 0 Å². The summed E-state index contributed by atoms with van der Waals surface area (Å²) in [7, 11) is 1.77. The molecular weight excluding hydrogens is 266 g/mol. The van der Waals surface area contributed by atoms with Crippen LogP contribution in [0.1, 0.15) is 28.0 Å². The fourth-order valence-electron chi connectivity index (χ4n) is 1.86. The predicted molar refractivity (Wildman–Crippen MR) is 80.9 cm³/mol. The Labute approximate surface area is 123 Å². The van der Waals surface area contributed by atoms with Gasteiger partial charge in [-0.2, -0.15) is 0 Å². The molecule has 0 aliphatic heterocycles. The van der Waals surface area contributed by atoms with Crippen LogP contribution in [0.5, 0.6) is 0 Å². The topological polar surface area (TPSA) is 67.2 Å². The molecule has 1 amide bonds. The number of nitrogens with one attached hydrogen (secondary N) is 1. The van der Waals surface area contributed by atoms with E-state index >= 15 is 0 Å². The second kappa shape index (κ2) is 6.73. The maximum atomic E-state index is 12.1. The summed E-state index contributed by atoms with van der Waals surface area (Å²) in [5.41, 5.74) is 3.04. The highest BCUT2D eigenvalue weighted by atomic mass is 16.2. The minimum Gasteiger partial charge on any atom is -0.395 e. The zero-order valence-corrected chi connectivity index (χ0v) is 12.1. The third-order valence-electron chi connectivity index (χ3n) is 2.99. The number of hydrogen-bond acceptors (Lipinski definition) is 3. The number of carbonyl (C=O) groups is 1. The largest absolute Gasteiger partial charge is 0.395 e. The SMILES string of the molecule is Cc1cc(C#CCCO)ccc1NC(=O)c1cncn1C. The Bertz CT molecular complexity index is 708. The summed E-state index contributed by atoms with van der Waals surface area (Å²) in [6.45, 7) is 1.97. The predicted octanol–water partition coefficient (Wildman–Crippen LogP) is 1.71. The maximum absolute atomic E-state index is 12.1. The van der Waals surface area contributed by atoms with E-state index in [0.29, 0.717) is 12.1 Å². The van der Waals surface area contributed by atoms with E-state index in [9.17, 15) is 4.79 Å². The van der Waals surface area contributed by atoms with Crippen LogP contribution in [0.25, 0.3) is 0 Å². The number of anilines is 1. The lowest BCUT2D eigenvalue weighted by molar-refractivity contribution is 0.101. The molecule has 1 heterocycles. The summed E-state index contributed by atoms with van der Waals surface area (Å²) >= 11 is 0. The van der Waals surface area contributed by atoms with Crippen molar-refractivity contribution in [1.82, 2.24) is 9.55 Å². The summed E-state index contributed by atoms with van der Waals surface area (Å²) in [6, 6.07) is 5.58. The molecule has 5 nitrogen and oxygen atoms in total. The summed E-state index contributed by atoms with van der Waals surface area (Å²) in [5, 5.41) is 11.6. The monoisotopic (exact) mass is 283 g/mol. The molecule has 1 aromatic carbocycles.